The molecule has 0 saturated carbocycles. The van der Waals surface area contributed by atoms with E-state index in [0.717, 1.165) is 12.1 Å². The normalized spacial score (nSPS) is 11.7. The fourth-order valence-corrected chi connectivity index (χ4v) is 1.86. The van der Waals surface area contributed by atoms with Crippen LogP contribution in [-0.2, 0) is 12.7 Å². The highest BCUT2D eigenvalue weighted by Crippen LogP contribution is 2.36. The zero-order valence-electron chi connectivity index (χ0n) is 10.9. The Labute approximate surface area is 116 Å². The molecule has 0 aliphatic carbocycles. The fourth-order valence-electron chi connectivity index (χ4n) is 1.86. The first-order chi connectivity index (χ1) is 9.81. The van der Waals surface area contributed by atoms with Crippen LogP contribution in [-0.4, -0.2) is 17.0 Å². The smallest absolute Gasteiger partial charge is 0.314 e. The van der Waals surface area contributed by atoms with Crippen molar-refractivity contribution in [3.05, 3.63) is 51.7 Å². The SMILES string of the molecule is CNCc1cc(=O)[nH]c(-c2ccc(F)cc2C(F)(F)F)n1. The maximum atomic E-state index is 13.1. The van der Waals surface area contributed by atoms with E-state index in [1.165, 1.54) is 6.07 Å². The Morgan fingerprint density at radius 3 is 2.62 bits per heavy atom. The second-order valence-corrected chi connectivity index (χ2v) is 4.30. The summed E-state index contributed by atoms with van der Waals surface area (Å²) in [5.41, 5.74) is -1.86. The average Bonchev–Trinajstić information content (AvgIpc) is 2.37. The highest BCUT2D eigenvalue weighted by atomic mass is 19.4. The number of nitrogens with one attached hydrogen (secondary N) is 2. The van der Waals surface area contributed by atoms with E-state index >= 15 is 0 Å². The number of benzene rings is 1. The van der Waals surface area contributed by atoms with Gasteiger partial charge in [-0.25, -0.2) is 9.37 Å². The molecule has 0 saturated heterocycles. The molecule has 0 fully saturated rings. The third-order valence-electron chi connectivity index (χ3n) is 2.69. The van der Waals surface area contributed by atoms with Gasteiger partial charge in [-0.05, 0) is 25.2 Å². The highest BCUT2D eigenvalue weighted by molar-refractivity contribution is 5.61. The van der Waals surface area contributed by atoms with Gasteiger partial charge in [0.1, 0.15) is 11.6 Å². The van der Waals surface area contributed by atoms with Gasteiger partial charge < -0.3 is 10.3 Å². The third-order valence-corrected chi connectivity index (χ3v) is 2.69. The predicted molar refractivity (Wildman–Crippen MR) is 68.0 cm³/mol. The second-order valence-electron chi connectivity index (χ2n) is 4.30. The second kappa shape index (κ2) is 5.65. The molecule has 0 atom stereocenters. The summed E-state index contributed by atoms with van der Waals surface area (Å²) >= 11 is 0. The summed E-state index contributed by atoms with van der Waals surface area (Å²) in [4.78, 5) is 17.7. The predicted octanol–water partition coefficient (Wildman–Crippen LogP) is 2.31. The molecule has 0 radical (unpaired) electrons. The minimum Gasteiger partial charge on any atom is -0.314 e. The topological polar surface area (TPSA) is 57.8 Å². The molecule has 112 valence electrons. The van der Waals surface area contributed by atoms with Gasteiger partial charge in [-0.2, -0.15) is 13.2 Å². The number of halogens is 4. The van der Waals surface area contributed by atoms with Gasteiger partial charge in [0.05, 0.1) is 11.3 Å². The molecule has 4 nitrogen and oxygen atoms in total. The molecule has 0 aliphatic rings. The molecule has 0 bridgehead atoms. The van der Waals surface area contributed by atoms with Gasteiger partial charge in [0.15, 0.2) is 0 Å². The van der Waals surface area contributed by atoms with Crippen molar-refractivity contribution in [2.45, 2.75) is 12.7 Å². The molecular weight excluding hydrogens is 290 g/mol. The summed E-state index contributed by atoms with van der Waals surface area (Å²) in [6.07, 6.45) is -4.75. The molecule has 0 aliphatic heterocycles. The van der Waals surface area contributed by atoms with Crippen LogP contribution in [0.1, 0.15) is 11.3 Å². The van der Waals surface area contributed by atoms with Crippen molar-refractivity contribution in [2.75, 3.05) is 7.05 Å². The molecule has 1 heterocycles. The first-order valence-electron chi connectivity index (χ1n) is 5.93. The minimum atomic E-state index is -4.75. The number of hydrogen-bond donors (Lipinski definition) is 2. The Kier molecular flexibility index (Phi) is 4.08. The van der Waals surface area contributed by atoms with Gasteiger partial charge in [-0.1, -0.05) is 0 Å². The number of aromatic nitrogens is 2. The number of hydrogen-bond acceptors (Lipinski definition) is 3. The average molecular weight is 301 g/mol. The van der Waals surface area contributed by atoms with Gasteiger partial charge in [0.2, 0.25) is 0 Å². The number of nitrogens with zero attached hydrogens (tertiary/aromatic N) is 1. The summed E-state index contributed by atoms with van der Waals surface area (Å²) in [5, 5.41) is 2.75. The minimum absolute atomic E-state index is 0.222. The van der Waals surface area contributed by atoms with Crippen molar-refractivity contribution in [3.8, 4) is 11.4 Å². The number of aromatic amines is 1. The van der Waals surface area contributed by atoms with E-state index in [1.54, 1.807) is 7.05 Å². The zero-order chi connectivity index (χ0) is 15.6. The third kappa shape index (κ3) is 3.46. The van der Waals surface area contributed by atoms with Gasteiger partial charge in [-0.15, -0.1) is 0 Å². The van der Waals surface area contributed by atoms with Crippen molar-refractivity contribution in [2.24, 2.45) is 0 Å². The van der Waals surface area contributed by atoms with Gasteiger partial charge >= 0.3 is 6.18 Å². The summed E-state index contributed by atoms with van der Waals surface area (Å²) in [6.45, 7) is 0.222. The van der Waals surface area contributed by atoms with Crippen LogP contribution in [0, 0.1) is 5.82 Å². The van der Waals surface area contributed by atoms with Crippen LogP contribution in [0.25, 0.3) is 11.4 Å². The van der Waals surface area contributed by atoms with Crippen LogP contribution in [0.4, 0.5) is 17.6 Å². The van der Waals surface area contributed by atoms with Crippen molar-refractivity contribution in [1.29, 1.82) is 0 Å². The lowest BCUT2D eigenvalue weighted by atomic mass is 10.1. The molecule has 0 spiro atoms. The largest absolute Gasteiger partial charge is 0.417 e. The Hall–Kier alpha value is -2.22. The first-order valence-corrected chi connectivity index (χ1v) is 5.93. The molecule has 1 aromatic heterocycles. The summed E-state index contributed by atoms with van der Waals surface area (Å²) in [7, 11) is 1.61. The standard InChI is InChI=1S/C13H11F4N3O/c1-18-6-8-5-11(21)20-12(19-8)9-3-2-7(14)4-10(9)13(15,16)17/h2-5,18H,6H2,1H3,(H,19,20,21). The molecule has 2 N–H and O–H groups in total. The lowest BCUT2D eigenvalue weighted by Gasteiger charge is -2.13. The molecule has 21 heavy (non-hydrogen) atoms. The van der Waals surface area contributed by atoms with Crippen LogP contribution >= 0.6 is 0 Å². The van der Waals surface area contributed by atoms with E-state index in [-0.39, 0.29) is 23.6 Å². The van der Waals surface area contributed by atoms with Crippen molar-refractivity contribution < 1.29 is 17.6 Å². The van der Waals surface area contributed by atoms with Gasteiger partial charge in [0.25, 0.3) is 5.56 Å². The van der Waals surface area contributed by atoms with E-state index in [1.807, 2.05) is 0 Å². The Morgan fingerprint density at radius 1 is 1.29 bits per heavy atom. The Balaban J connectivity index is 2.64. The van der Waals surface area contributed by atoms with Crippen LogP contribution in [0.5, 0.6) is 0 Å². The van der Waals surface area contributed by atoms with Gasteiger partial charge in [-0.3, -0.25) is 4.79 Å². The van der Waals surface area contributed by atoms with Crippen molar-refractivity contribution in [1.82, 2.24) is 15.3 Å². The summed E-state index contributed by atoms with van der Waals surface area (Å²) in [5.74, 6) is -1.26. The Bertz CT molecular complexity index is 709. The number of H-pyrrole nitrogens is 1. The van der Waals surface area contributed by atoms with E-state index in [4.69, 9.17) is 0 Å². The van der Waals surface area contributed by atoms with E-state index in [0.29, 0.717) is 6.07 Å². The van der Waals surface area contributed by atoms with E-state index < -0.39 is 23.1 Å². The maximum Gasteiger partial charge on any atom is 0.417 e. The fraction of sp³-hybridized carbons (Fsp3) is 0.231. The lowest BCUT2D eigenvalue weighted by molar-refractivity contribution is -0.137. The molecule has 0 amide bonds. The Morgan fingerprint density at radius 2 is 2.00 bits per heavy atom. The lowest BCUT2D eigenvalue weighted by Crippen LogP contribution is -2.16. The van der Waals surface area contributed by atoms with Crippen molar-refractivity contribution in [3.63, 3.8) is 0 Å². The van der Waals surface area contributed by atoms with Crippen molar-refractivity contribution >= 4 is 0 Å². The van der Waals surface area contributed by atoms with Crippen LogP contribution in [0.2, 0.25) is 0 Å². The first kappa shape index (κ1) is 15.2. The van der Waals surface area contributed by atoms with Crippen LogP contribution in [0.3, 0.4) is 0 Å². The van der Waals surface area contributed by atoms with Crippen LogP contribution < -0.4 is 10.9 Å². The molecular formula is C13H11F4N3O. The molecule has 2 aromatic rings. The number of alkyl halides is 3. The van der Waals surface area contributed by atoms with Gasteiger partial charge in [0, 0.05) is 18.2 Å². The maximum absolute atomic E-state index is 13.1. The van der Waals surface area contributed by atoms with E-state index in [9.17, 15) is 22.4 Å². The monoisotopic (exact) mass is 301 g/mol. The van der Waals surface area contributed by atoms with Crippen LogP contribution in [0.15, 0.2) is 29.1 Å². The molecule has 2 rings (SSSR count). The molecule has 0 unspecified atom stereocenters. The highest BCUT2D eigenvalue weighted by Gasteiger charge is 2.34. The zero-order valence-corrected chi connectivity index (χ0v) is 10.9. The molecule has 8 heteroatoms. The van der Waals surface area contributed by atoms with E-state index in [2.05, 4.69) is 15.3 Å². The quantitative estimate of drug-likeness (QED) is 0.855. The summed E-state index contributed by atoms with van der Waals surface area (Å²) < 4.78 is 52.0. The molecule has 1 aromatic carbocycles. The number of rotatable bonds is 3. The summed E-state index contributed by atoms with van der Waals surface area (Å²) in [6, 6.07) is 3.38.